The monoisotopic (exact) mass is 266 g/mol. The second-order valence-corrected chi connectivity index (χ2v) is 7.24. The van der Waals surface area contributed by atoms with E-state index in [1.165, 1.54) is 51.4 Å². The van der Waals surface area contributed by atoms with Gasteiger partial charge in [0.25, 0.3) is 0 Å². The van der Waals surface area contributed by atoms with Crippen molar-refractivity contribution < 1.29 is 5.11 Å². The lowest BCUT2D eigenvalue weighted by Crippen LogP contribution is -2.56. The van der Waals surface area contributed by atoms with E-state index in [4.69, 9.17) is 0 Å². The van der Waals surface area contributed by atoms with Crippen LogP contribution in [0.4, 0.5) is 0 Å². The van der Waals surface area contributed by atoms with Gasteiger partial charge < -0.3 is 15.3 Å². The van der Waals surface area contributed by atoms with Crippen molar-refractivity contribution in [1.29, 1.82) is 0 Å². The first-order valence-electron chi connectivity index (χ1n) is 8.34. The lowest BCUT2D eigenvalue weighted by molar-refractivity contribution is -0.00656. The Kier molecular flexibility index (Phi) is 4.16. The number of rotatable bonds is 3. The number of aliphatic hydroxyl groups is 1. The molecule has 0 spiro atoms. The van der Waals surface area contributed by atoms with Gasteiger partial charge in [0.1, 0.15) is 0 Å². The Hall–Kier alpha value is -0.120. The number of piperidine rings is 2. The van der Waals surface area contributed by atoms with Crippen LogP contribution in [-0.2, 0) is 0 Å². The quantitative estimate of drug-likeness (QED) is 0.823. The van der Waals surface area contributed by atoms with Crippen molar-refractivity contribution in [3.05, 3.63) is 0 Å². The molecule has 1 saturated carbocycles. The smallest absolute Gasteiger partial charge is 0.0771 e. The summed E-state index contributed by atoms with van der Waals surface area (Å²) in [6, 6.07) is 2.20. The van der Waals surface area contributed by atoms with Crippen LogP contribution >= 0.6 is 0 Å². The Morgan fingerprint density at radius 1 is 1.05 bits per heavy atom. The molecule has 3 fully saturated rings. The van der Waals surface area contributed by atoms with Crippen LogP contribution in [0.3, 0.4) is 0 Å². The summed E-state index contributed by atoms with van der Waals surface area (Å²) in [5.41, 5.74) is -0.406. The van der Waals surface area contributed by atoms with Crippen LogP contribution in [0.2, 0.25) is 0 Å². The standard InChI is InChI=1S/C16H30N2O/c1-18-14-6-5-7-15(18)11-13(10-14)17-12-16(19)8-3-2-4-9-16/h13-15,17,19H,2-12H2,1H3. The molecule has 0 radical (unpaired) electrons. The fourth-order valence-electron chi connectivity index (χ4n) is 4.50. The van der Waals surface area contributed by atoms with Crippen LogP contribution in [0, 0.1) is 0 Å². The summed E-state index contributed by atoms with van der Waals surface area (Å²) in [7, 11) is 2.30. The first-order valence-corrected chi connectivity index (χ1v) is 8.34. The minimum atomic E-state index is -0.406. The first-order chi connectivity index (χ1) is 9.16. The Morgan fingerprint density at radius 2 is 1.68 bits per heavy atom. The van der Waals surface area contributed by atoms with Crippen LogP contribution in [0.1, 0.15) is 64.2 Å². The summed E-state index contributed by atoms with van der Waals surface area (Å²) in [5, 5.41) is 14.3. The molecule has 2 saturated heterocycles. The van der Waals surface area contributed by atoms with Gasteiger partial charge in [-0.25, -0.2) is 0 Å². The Morgan fingerprint density at radius 3 is 2.32 bits per heavy atom. The van der Waals surface area contributed by atoms with Crippen molar-refractivity contribution in [2.45, 2.75) is 87.9 Å². The zero-order chi connectivity index (χ0) is 13.3. The average Bonchev–Trinajstić information content (AvgIpc) is 2.38. The minimum Gasteiger partial charge on any atom is -0.389 e. The third-order valence-electron chi connectivity index (χ3n) is 5.84. The zero-order valence-electron chi connectivity index (χ0n) is 12.4. The molecule has 2 unspecified atom stereocenters. The van der Waals surface area contributed by atoms with E-state index in [1.54, 1.807) is 0 Å². The van der Waals surface area contributed by atoms with Crippen LogP contribution < -0.4 is 5.32 Å². The highest BCUT2D eigenvalue weighted by Gasteiger charge is 2.37. The topological polar surface area (TPSA) is 35.5 Å². The van der Waals surface area contributed by atoms with Crippen molar-refractivity contribution in [2.24, 2.45) is 0 Å². The molecule has 19 heavy (non-hydrogen) atoms. The summed E-state index contributed by atoms with van der Waals surface area (Å²) < 4.78 is 0. The van der Waals surface area contributed by atoms with E-state index < -0.39 is 5.60 Å². The molecule has 1 aliphatic carbocycles. The molecule has 2 heterocycles. The summed E-state index contributed by atoms with van der Waals surface area (Å²) in [6.07, 6.45) is 12.4. The van der Waals surface area contributed by atoms with E-state index in [0.29, 0.717) is 6.04 Å². The van der Waals surface area contributed by atoms with Gasteiger partial charge in [-0.05, 0) is 45.6 Å². The highest BCUT2D eigenvalue weighted by Crippen LogP contribution is 2.33. The Bertz CT molecular complexity index is 287. The second kappa shape index (κ2) is 5.71. The van der Waals surface area contributed by atoms with E-state index in [1.807, 2.05) is 0 Å². The molecular formula is C16H30N2O. The van der Waals surface area contributed by atoms with E-state index in [2.05, 4.69) is 17.3 Å². The third kappa shape index (κ3) is 3.14. The molecule has 3 heteroatoms. The maximum Gasteiger partial charge on any atom is 0.0771 e. The van der Waals surface area contributed by atoms with Crippen molar-refractivity contribution >= 4 is 0 Å². The van der Waals surface area contributed by atoms with Crippen molar-refractivity contribution in [1.82, 2.24) is 10.2 Å². The lowest BCUT2D eigenvalue weighted by atomic mass is 9.81. The van der Waals surface area contributed by atoms with E-state index in [0.717, 1.165) is 31.5 Å². The van der Waals surface area contributed by atoms with Crippen LogP contribution in [0.15, 0.2) is 0 Å². The number of hydrogen-bond donors (Lipinski definition) is 2. The zero-order valence-corrected chi connectivity index (χ0v) is 12.4. The average molecular weight is 266 g/mol. The normalized spacial score (nSPS) is 39.2. The third-order valence-corrected chi connectivity index (χ3v) is 5.84. The van der Waals surface area contributed by atoms with Gasteiger partial charge in [-0.15, -0.1) is 0 Å². The fourth-order valence-corrected chi connectivity index (χ4v) is 4.50. The summed E-state index contributed by atoms with van der Waals surface area (Å²) in [6.45, 7) is 0.820. The predicted octanol–water partition coefficient (Wildman–Crippen LogP) is 2.29. The van der Waals surface area contributed by atoms with E-state index >= 15 is 0 Å². The molecule has 0 aromatic heterocycles. The SMILES string of the molecule is CN1C2CCCC1CC(NCC1(O)CCCCC1)C2. The van der Waals surface area contributed by atoms with Gasteiger partial charge in [0.2, 0.25) is 0 Å². The molecule has 3 nitrogen and oxygen atoms in total. The molecular weight excluding hydrogens is 236 g/mol. The van der Waals surface area contributed by atoms with Gasteiger partial charge >= 0.3 is 0 Å². The first kappa shape index (κ1) is 13.8. The Labute approximate surface area is 117 Å². The van der Waals surface area contributed by atoms with Crippen molar-refractivity contribution in [2.75, 3.05) is 13.6 Å². The molecule has 0 aromatic rings. The van der Waals surface area contributed by atoms with Crippen LogP contribution in [0.5, 0.6) is 0 Å². The molecule has 2 aliphatic heterocycles. The number of hydrogen-bond acceptors (Lipinski definition) is 3. The number of fused-ring (bicyclic) bond motifs is 2. The molecule has 3 aliphatic rings. The largest absolute Gasteiger partial charge is 0.389 e. The van der Waals surface area contributed by atoms with E-state index in [9.17, 15) is 5.11 Å². The summed E-state index contributed by atoms with van der Waals surface area (Å²) >= 11 is 0. The predicted molar refractivity (Wildman–Crippen MR) is 78.2 cm³/mol. The highest BCUT2D eigenvalue weighted by atomic mass is 16.3. The van der Waals surface area contributed by atoms with Gasteiger partial charge in [-0.1, -0.05) is 25.7 Å². The molecule has 110 valence electrons. The van der Waals surface area contributed by atoms with Gasteiger partial charge in [0, 0.05) is 24.7 Å². The van der Waals surface area contributed by atoms with Crippen LogP contribution in [-0.4, -0.2) is 47.3 Å². The maximum absolute atomic E-state index is 10.6. The molecule has 2 atom stereocenters. The lowest BCUT2D eigenvalue weighted by Gasteiger charge is -2.48. The maximum atomic E-state index is 10.6. The van der Waals surface area contributed by atoms with Gasteiger partial charge in [0.15, 0.2) is 0 Å². The van der Waals surface area contributed by atoms with Crippen LogP contribution in [0.25, 0.3) is 0 Å². The molecule has 0 amide bonds. The minimum absolute atomic E-state index is 0.406. The van der Waals surface area contributed by atoms with Gasteiger partial charge in [0.05, 0.1) is 5.60 Å². The molecule has 2 N–H and O–H groups in total. The van der Waals surface area contributed by atoms with Gasteiger partial charge in [-0.2, -0.15) is 0 Å². The second-order valence-electron chi connectivity index (χ2n) is 7.24. The highest BCUT2D eigenvalue weighted by molar-refractivity contribution is 4.95. The number of nitrogens with zero attached hydrogens (tertiary/aromatic N) is 1. The van der Waals surface area contributed by atoms with E-state index in [-0.39, 0.29) is 0 Å². The summed E-state index contributed by atoms with van der Waals surface area (Å²) in [4.78, 5) is 2.61. The number of nitrogens with one attached hydrogen (secondary N) is 1. The molecule has 2 bridgehead atoms. The van der Waals surface area contributed by atoms with Crippen molar-refractivity contribution in [3.63, 3.8) is 0 Å². The Balaban J connectivity index is 1.50. The van der Waals surface area contributed by atoms with Gasteiger partial charge in [-0.3, -0.25) is 0 Å². The molecule has 3 rings (SSSR count). The van der Waals surface area contributed by atoms with Crippen molar-refractivity contribution in [3.8, 4) is 0 Å². The summed E-state index contributed by atoms with van der Waals surface area (Å²) in [5.74, 6) is 0. The molecule has 0 aromatic carbocycles. The fraction of sp³-hybridized carbons (Fsp3) is 1.00.